The Labute approximate surface area is 113 Å². The van der Waals surface area contributed by atoms with Crippen molar-refractivity contribution in [3.8, 4) is 6.07 Å². The van der Waals surface area contributed by atoms with Crippen LogP contribution in [0.1, 0.15) is 18.4 Å². The molecular weight excluding hydrogens is 240 g/mol. The number of amides is 1. The van der Waals surface area contributed by atoms with E-state index in [0.29, 0.717) is 19.1 Å². The molecule has 19 heavy (non-hydrogen) atoms. The van der Waals surface area contributed by atoms with Gasteiger partial charge < -0.3 is 11.1 Å². The predicted molar refractivity (Wildman–Crippen MR) is 72.9 cm³/mol. The number of nitriles is 1. The van der Waals surface area contributed by atoms with E-state index < -0.39 is 0 Å². The Kier molecular flexibility index (Phi) is 4.37. The average molecular weight is 258 g/mol. The van der Waals surface area contributed by atoms with Crippen LogP contribution in [0.4, 0.5) is 5.69 Å². The Hall–Kier alpha value is -2.06. The molecule has 0 aromatic heterocycles. The first-order chi connectivity index (χ1) is 9.20. The molecule has 1 aromatic rings. The average Bonchev–Trinajstić information content (AvgIpc) is 3.22. The Morgan fingerprint density at radius 1 is 1.47 bits per heavy atom. The fraction of sp³-hybridized carbons (Fsp3) is 0.429. The molecule has 0 spiro atoms. The van der Waals surface area contributed by atoms with Crippen molar-refractivity contribution in [3.05, 3.63) is 29.8 Å². The van der Waals surface area contributed by atoms with Gasteiger partial charge in [-0.1, -0.05) is 18.2 Å². The highest BCUT2D eigenvalue weighted by molar-refractivity contribution is 5.78. The van der Waals surface area contributed by atoms with Crippen LogP contribution in [0, 0.1) is 11.3 Å². The molecule has 0 saturated heterocycles. The summed E-state index contributed by atoms with van der Waals surface area (Å²) in [4.78, 5) is 13.8. The number of hydrogen-bond donors (Lipinski definition) is 2. The zero-order valence-corrected chi connectivity index (χ0v) is 10.8. The summed E-state index contributed by atoms with van der Waals surface area (Å²) in [6.45, 7) is 1.06. The van der Waals surface area contributed by atoms with Crippen LogP contribution in [0.3, 0.4) is 0 Å². The summed E-state index contributed by atoms with van der Waals surface area (Å²) < 4.78 is 0. The Morgan fingerprint density at radius 3 is 2.84 bits per heavy atom. The van der Waals surface area contributed by atoms with E-state index in [9.17, 15) is 4.79 Å². The number of nitrogens with one attached hydrogen (secondary N) is 1. The number of nitrogens with two attached hydrogens (primary N) is 1. The maximum absolute atomic E-state index is 11.7. The fourth-order valence-corrected chi connectivity index (χ4v) is 2.03. The maximum Gasteiger partial charge on any atom is 0.235 e. The molecule has 1 saturated carbocycles. The van der Waals surface area contributed by atoms with E-state index in [4.69, 9.17) is 11.0 Å². The number of nitrogen functional groups attached to an aromatic ring is 1. The van der Waals surface area contributed by atoms with Crippen LogP contribution in [-0.4, -0.2) is 29.9 Å². The molecule has 0 heterocycles. The quantitative estimate of drug-likeness (QED) is 0.586. The van der Waals surface area contributed by atoms with Crippen molar-refractivity contribution in [1.29, 1.82) is 5.26 Å². The van der Waals surface area contributed by atoms with Crippen molar-refractivity contribution in [1.82, 2.24) is 10.2 Å². The topological polar surface area (TPSA) is 82.2 Å². The van der Waals surface area contributed by atoms with Crippen LogP contribution in [0.2, 0.25) is 0 Å². The van der Waals surface area contributed by atoms with Crippen LogP contribution in [0.25, 0.3) is 0 Å². The Bertz CT molecular complexity index is 490. The van der Waals surface area contributed by atoms with Crippen molar-refractivity contribution < 1.29 is 4.79 Å². The van der Waals surface area contributed by atoms with Gasteiger partial charge in [0.25, 0.3) is 0 Å². The molecule has 0 unspecified atom stereocenters. The number of hydrogen-bond acceptors (Lipinski definition) is 4. The van der Waals surface area contributed by atoms with E-state index >= 15 is 0 Å². The number of anilines is 1. The molecule has 2 rings (SSSR count). The standard InChI is InChI=1S/C14H18N4O/c15-7-8-17-14(19)10-18(12-5-6-12)9-11-3-1-2-4-13(11)16/h1-4,12H,5-6,8-10,16H2,(H,17,19). The van der Waals surface area contributed by atoms with Gasteiger partial charge in [-0.15, -0.1) is 0 Å². The van der Waals surface area contributed by atoms with E-state index in [1.165, 1.54) is 0 Å². The third kappa shape index (κ3) is 3.97. The zero-order valence-electron chi connectivity index (χ0n) is 10.8. The lowest BCUT2D eigenvalue weighted by atomic mass is 10.1. The summed E-state index contributed by atoms with van der Waals surface area (Å²) >= 11 is 0. The fourth-order valence-electron chi connectivity index (χ4n) is 2.03. The Morgan fingerprint density at radius 2 is 2.21 bits per heavy atom. The summed E-state index contributed by atoms with van der Waals surface area (Å²) in [5.74, 6) is -0.108. The van der Waals surface area contributed by atoms with Gasteiger partial charge in [-0.05, 0) is 24.5 Å². The first-order valence-corrected chi connectivity index (χ1v) is 6.42. The molecule has 0 radical (unpaired) electrons. The second kappa shape index (κ2) is 6.21. The van der Waals surface area contributed by atoms with Gasteiger partial charge >= 0.3 is 0 Å². The first-order valence-electron chi connectivity index (χ1n) is 6.42. The lowest BCUT2D eigenvalue weighted by Gasteiger charge is -2.22. The largest absolute Gasteiger partial charge is 0.398 e. The normalized spacial score (nSPS) is 14.1. The maximum atomic E-state index is 11.7. The third-order valence-corrected chi connectivity index (χ3v) is 3.20. The summed E-state index contributed by atoms with van der Waals surface area (Å²) in [5.41, 5.74) is 7.73. The highest BCUT2D eigenvalue weighted by atomic mass is 16.2. The van der Waals surface area contributed by atoms with Crippen molar-refractivity contribution in [2.24, 2.45) is 0 Å². The molecule has 1 fully saturated rings. The molecular formula is C14H18N4O. The molecule has 1 aromatic carbocycles. The van der Waals surface area contributed by atoms with Crippen LogP contribution in [-0.2, 0) is 11.3 Å². The minimum Gasteiger partial charge on any atom is -0.398 e. The number of carbonyl (C=O) groups excluding carboxylic acids is 1. The highest BCUT2D eigenvalue weighted by Crippen LogP contribution is 2.28. The number of carbonyl (C=O) groups is 1. The van der Waals surface area contributed by atoms with E-state index in [2.05, 4.69) is 10.2 Å². The van der Waals surface area contributed by atoms with Gasteiger partial charge in [-0.3, -0.25) is 9.69 Å². The monoisotopic (exact) mass is 258 g/mol. The summed E-state index contributed by atoms with van der Waals surface area (Å²) in [6, 6.07) is 10.1. The number of para-hydroxylation sites is 1. The molecule has 0 bridgehead atoms. The first kappa shape index (κ1) is 13.4. The second-order valence-corrected chi connectivity index (χ2v) is 4.77. The van der Waals surface area contributed by atoms with Gasteiger partial charge in [-0.25, -0.2) is 0 Å². The van der Waals surface area contributed by atoms with Gasteiger partial charge in [0.2, 0.25) is 5.91 Å². The summed E-state index contributed by atoms with van der Waals surface area (Å²) in [7, 11) is 0. The number of nitrogens with zero attached hydrogens (tertiary/aromatic N) is 2. The second-order valence-electron chi connectivity index (χ2n) is 4.77. The van der Waals surface area contributed by atoms with Crippen molar-refractivity contribution in [2.75, 3.05) is 18.8 Å². The van der Waals surface area contributed by atoms with Crippen LogP contribution < -0.4 is 11.1 Å². The van der Waals surface area contributed by atoms with E-state index in [-0.39, 0.29) is 12.5 Å². The van der Waals surface area contributed by atoms with Crippen molar-refractivity contribution >= 4 is 11.6 Å². The lowest BCUT2D eigenvalue weighted by Crippen LogP contribution is -2.38. The van der Waals surface area contributed by atoms with Crippen LogP contribution >= 0.6 is 0 Å². The predicted octanol–water partition coefficient (Wildman–Crippen LogP) is 0.873. The molecule has 1 aliphatic rings. The van der Waals surface area contributed by atoms with Gasteiger partial charge in [0.05, 0.1) is 12.6 Å². The van der Waals surface area contributed by atoms with E-state index in [1.54, 1.807) is 0 Å². The molecule has 1 aliphatic carbocycles. The third-order valence-electron chi connectivity index (χ3n) is 3.20. The van der Waals surface area contributed by atoms with Gasteiger partial charge in [-0.2, -0.15) is 5.26 Å². The lowest BCUT2D eigenvalue weighted by molar-refractivity contribution is -0.122. The Balaban J connectivity index is 1.95. The number of benzene rings is 1. The highest BCUT2D eigenvalue weighted by Gasteiger charge is 2.30. The molecule has 3 N–H and O–H groups in total. The van der Waals surface area contributed by atoms with E-state index in [1.807, 2.05) is 30.3 Å². The van der Waals surface area contributed by atoms with Gasteiger partial charge in [0.15, 0.2) is 0 Å². The summed E-state index contributed by atoms with van der Waals surface area (Å²) in [6.07, 6.45) is 2.25. The van der Waals surface area contributed by atoms with E-state index in [0.717, 1.165) is 24.1 Å². The number of rotatable bonds is 6. The smallest absolute Gasteiger partial charge is 0.235 e. The summed E-state index contributed by atoms with van der Waals surface area (Å²) in [5, 5.41) is 11.0. The minimum atomic E-state index is -0.108. The molecule has 5 nitrogen and oxygen atoms in total. The van der Waals surface area contributed by atoms with Gasteiger partial charge in [0.1, 0.15) is 6.54 Å². The van der Waals surface area contributed by atoms with Crippen molar-refractivity contribution in [3.63, 3.8) is 0 Å². The SMILES string of the molecule is N#CCNC(=O)CN(Cc1ccccc1N)C1CC1. The molecule has 0 aliphatic heterocycles. The van der Waals surface area contributed by atoms with Crippen LogP contribution in [0.15, 0.2) is 24.3 Å². The molecule has 100 valence electrons. The minimum absolute atomic E-state index is 0.0603. The molecule has 0 atom stereocenters. The van der Waals surface area contributed by atoms with Gasteiger partial charge in [0, 0.05) is 18.3 Å². The molecule has 1 amide bonds. The van der Waals surface area contributed by atoms with Crippen molar-refractivity contribution in [2.45, 2.75) is 25.4 Å². The van der Waals surface area contributed by atoms with Crippen LogP contribution in [0.5, 0.6) is 0 Å². The molecule has 5 heteroatoms. The zero-order chi connectivity index (χ0) is 13.7.